The second-order valence-electron chi connectivity index (χ2n) is 6.67. The van der Waals surface area contributed by atoms with Gasteiger partial charge in [0.2, 0.25) is 0 Å². The molecular weight excluding hydrogens is 494 g/mol. The standard InChI is InChI=1S/C20H19NO11S2/c1-29-19(22)15-11-31-12-21(18(15)20(23)30-2)16-10-14(33(24,25)26)8-9-17(16)32-34(27,28)13-6-4-3-5-7-13/h3-10H,11-12H2,1-2H3,(H,24,25,26). The van der Waals surface area contributed by atoms with Gasteiger partial charge >= 0.3 is 22.1 Å². The molecule has 0 saturated carbocycles. The van der Waals surface area contributed by atoms with Crippen molar-refractivity contribution in [2.24, 2.45) is 0 Å². The first-order chi connectivity index (χ1) is 16.0. The van der Waals surface area contributed by atoms with Crippen LogP contribution in [0, 0.1) is 0 Å². The van der Waals surface area contributed by atoms with Crippen molar-refractivity contribution in [3.8, 4) is 5.75 Å². The highest BCUT2D eigenvalue weighted by Crippen LogP contribution is 2.37. The van der Waals surface area contributed by atoms with Crippen LogP contribution in [0.3, 0.4) is 0 Å². The average molecular weight is 514 g/mol. The molecule has 34 heavy (non-hydrogen) atoms. The third-order valence-electron chi connectivity index (χ3n) is 4.58. The summed E-state index contributed by atoms with van der Waals surface area (Å²) in [7, 11) is -7.04. The van der Waals surface area contributed by atoms with E-state index in [0.717, 1.165) is 37.3 Å². The van der Waals surface area contributed by atoms with Crippen LogP contribution in [0.15, 0.2) is 69.6 Å². The van der Waals surface area contributed by atoms with Gasteiger partial charge in [0.05, 0.1) is 37.0 Å². The number of carbonyl (C=O) groups excluding carboxylic acids is 2. The van der Waals surface area contributed by atoms with Crippen LogP contribution in [0.25, 0.3) is 0 Å². The summed E-state index contributed by atoms with van der Waals surface area (Å²) in [5.41, 5.74) is -0.985. The Hall–Kier alpha value is -3.46. The zero-order chi connectivity index (χ0) is 25.1. The Bertz CT molecular complexity index is 1350. The molecule has 0 atom stereocenters. The lowest BCUT2D eigenvalue weighted by Gasteiger charge is -2.32. The van der Waals surface area contributed by atoms with Gasteiger partial charge in [-0.05, 0) is 30.3 Å². The average Bonchev–Trinajstić information content (AvgIpc) is 2.82. The predicted molar refractivity (Wildman–Crippen MR) is 115 cm³/mol. The molecule has 12 nitrogen and oxygen atoms in total. The number of ether oxygens (including phenoxy) is 3. The molecule has 3 rings (SSSR count). The number of esters is 2. The summed E-state index contributed by atoms with van der Waals surface area (Å²) in [5, 5.41) is 0. The van der Waals surface area contributed by atoms with Crippen LogP contribution >= 0.6 is 0 Å². The summed E-state index contributed by atoms with van der Waals surface area (Å²) in [6, 6.07) is 9.83. The fourth-order valence-electron chi connectivity index (χ4n) is 3.03. The van der Waals surface area contributed by atoms with Crippen molar-refractivity contribution in [3.63, 3.8) is 0 Å². The molecule has 0 radical (unpaired) electrons. The van der Waals surface area contributed by atoms with Gasteiger partial charge in [0.25, 0.3) is 10.1 Å². The lowest BCUT2D eigenvalue weighted by atomic mass is 10.1. The zero-order valence-corrected chi connectivity index (χ0v) is 19.5. The SMILES string of the molecule is COC(=O)C1=C(C(=O)OC)N(c2cc(S(=O)(=O)O)ccc2OS(=O)(=O)c2ccccc2)COC1. The number of hydrogen-bond acceptors (Lipinski definition) is 11. The maximum absolute atomic E-state index is 12.8. The Morgan fingerprint density at radius 2 is 1.59 bits per heavy atom. The minimum absolute atomic E-state index is 0.200. The fraction of sp³-hybridized carbons (Fsp3) is 0.200. The zero-order valence-electron chi connectivity index (χ0n) is 17.8. The molecule has 0 aliphatic carbocycles. The van der Waals surface area contributed by atoms with Gasteiger partial charge in [0.15, 0.2) is 5.75 Å². The second-order valence-corrected chi connectivity index (χ2v) is 9.64. The van der Waals surface area contributed by atoms with Crippen LogP contribution in [-0.2, 0) is 44.0 Å². The maximum atomic E-state index is 12.8. The summed E-state index contributed by atoms with van der Waals surface area (Å²) in [4.78, 5) is 25.0. The molecule has 0 bridgehead atoms. The molecule has 0 aromatic heterocycles. The van der Waals surface area contributed by atoms with Gasteiger partial charge in [-0.1, -0.05) is 18.2 Å². The van der Waals surface area contributed by atoms with E-state index in [9.17, 15) is 31.0 Å². The molecule has 0 amide bonds. The minimum Gasteiger partial charge on any atom is -0.466 e. The quantitative estimate of drug-likeness (QED) is 0.319. The number of carbonyl (C=O) groups is 2. The molecule has 1 aliphatic heterocycles. The Labute approximate surface area is 195 Å². The number of benzene rings is 2. The Kier molecular flexibility index (Phi) is 7.26. The molecule has 182 valence electrons. The molecule has 0 spiro atoms. The van der Waals surface area contributed by atoms with Crippen molar-refractivity contribution in [2.75, 3.05) is 32.5 Å². The van der Waals surface area contributed by atoms with E-state index in [1.165, 1.54) is 24.3 Å². The van der Waals surface area contributed by atoms with Crippen molar-refractivity contribution in [2.45, 2.75) is 9.79 Å². The lowest BCUT2D eigenvalue weighted by molar-refractivity contribution is -0.140. The first-order valence-corrected chi connectivity index (χ1v) is 12.2. The molecule has 14 heteroatoms. The Morgan fingerprint density at radius 1 is 0.941 bits per heavy atom. The van der Waals surface area contributed by atoms with Crippen LogP contribution in [0.1, 0.15) is 0 Å². The van der Waals surface area contributed by atoms with Gasteiger partial charge in [-0.3, -0.25) is 4.55 Å². The number of rotatable bonds is 7. The topological polar surface area (TPSA) is 163 Å². The van der Waals surface area contributed by atoms with Gasteiger partial charge < -0.3 is 23.3 Å². The van der Waals surface area contributed by atoms with Crippen LogP contribution in [0.4, 0.5) is 5.69 Å². The van der Waals surface area contributed by atoms with E-state index in [-0.39, 0.29) is 22.8 Å². The van der Waals surface area contributed by atoms with Crippen molar-refractivity contribution in [1.82, 2.24) is 0 Å². The Balaban J connectivity index is 2.24. The van der Waals surface area contributed by atoms with Gasteiger partial charge in [-0.25, -0.2) is 9.59 Å². The second kappa shape index (κ2) is 9.80. The van der Waals surface area contributed by atoms with E-state index in [1.54, 1.807) is 6.07 Å². The van der Waals surface area contributed by atoms with Gasteiger partial charge in [0, 0.05) is 0 Å². The highest BCUT2D eigenvalue weighted by Gasteiger charge is 2.35. The third-order valence-corrected chi connectivity index (χ3v) is 6.68. The van der Waals surface area contributed by atoms with E-state index in [1.807, 2.05) is 0 Å². The smallest absolute Gasteiger partial charge is 0.355 e. The molecule has 0 fully saturated rings. The van der Waals surface area contributed by atoms with E-state index >= 15 is 0 Å². The van der Waals surface area contributed by atoms with Crippen molar-refractivity contribution >= 4 is 37.9 Å². The van der Waals surface area contributed by atoms with Crippen molar-refractivity contribution < 1.29 is 49.4 Å². The highest BCUT2D eigenvalue weighted by atomic mass is 32.2. The van der Waals surface area contributed by atoms with Crippen LogP contribution < -0.4 is 9.08 Å². The number of methoxy groups -OCH3 is 2. The largest absolute Gasteiger partial charge is 0.466 e. The van der Waals surface area contributed by atoms with Crippen LogP contribution in [-0.4, -0.2) is 60.9 Å². The first kappa shape index (κ1) is 25.2. The molecule has 2 aromatic carbocycles. The van der Waals surface area contributed by atoms with Crippen molar-refractivity contribution in [1.29, 1.82) is 0 Å². The summed E-state index contributed by atoms with van der Waals surface area (Å²) in [6.07, 6.45) is 0. The van der Waals surface area contributed by atoms with Crippen molar-refractivity contribution in [3.05, 3.63) is 59.8 Å². The van der Waals surface area contributed by atoms with Crippen LogP contribution in [0.2, 0.25) is 0 Å². The van der Waals surface area contributed by atoms with Gasteiger partial charge in [-0.15, -0.1) is 0 Å². The molecule has 2 aromatic rings. The minimum atomic E-state index is -4.75. The monoisotopic (exact) mass is 513 g/mol. The molecule has 0 unspecified atom stereocenters. The number of hydrogen-bond donors (Lipinski definition) is 1. The van der Waals surface area contributed by atoms with Gasteiger partial charge in [-0.2, -0.15) is 16.8 Å². The Morgan fingerprint density at radius 3 is 2.18 bits per heavy atom. The summed E-state index contributed by atoms with van der Waals surface area (Å²) in [5.74, 6) is -2.37. The fourth-order valence-corrected chi connectivity index (χ4v) is 4.49. The third kappa shape index (κ3) is 5.20. The molecule has 1 aliphatic rings. The van der Waals surface area contributed by atoms with E-state index in [0.29, 0.717) is 0 Å². The predicted octanol–water partition coefficient (Wildman–Crippen LogP) is 1.10. The summed E-state index contributed by atoms with van der Waals surface area (Å²) in [6.45, 7) is -0.772. The van der Waals surface area contributed by atoms with Gasteiger partial charge in [0.1, 0.15) is 17.3 Å². The lowest BCUT2D eigenvalue weighted by Crippen LogP contribution is -2.39. The van der Waals surface area contributed by atoms with E-state index in [4.69, 9.17) is 13.7 Å². The normalized spacial score (nSPS) is 14.5. The van der Waals surface area contributed by atoms with E-state index in [2.05, 4.69) is 4.74 Å². The summed E-state index contributed by atoms with van der Waals surface area (Å²) >= 11 is 0. The van der Waals surface area contributed by atoms with Crippen LogP contribution in [0.5, 0.6) is 5.75 Å². The number of anilines is 1. The summed E-state index contributed by atoms with van der Waals surface area (Å²) < 4.78 is 78.6. The van der Waals surface area contributed by atoms with E-state index < -0.39 is 55.2 Å². The maximum Gasteiger partial charge on any atom is 0.355 e. The number of nitrogens with zero attached hydrogens (tertiary/aromatic N) is 1. The molecule has 1 N–H and O–H groups in total. The first-order valence-electron chi connectivity index (χ1n) is 9.35. The molecular formula is C20H19NO11S2. The molecule has 1 heterocycles. The molecule has 0 saturated heterocycles. The highest BCUT2D eigenvalue weighted by molar-refractivity contribution is 7.87.